The molecule has 1 aromatic carbocycles. The Labute approximate surface area is 175 Å². The maximum absolute atomic E-state index is 5.43. The van der Waals surface area contributed by atoms with Crippen LogP contribution >= 0.6 is 24.0 Å². The van der Waals surface area contributed by atoms with Gasteiger partial charge < -0.3 is 19.8 Å². The summed E-state index contributed by atoms with van der Waals surface area (Å²) in [5, 5.41) is 4.55. The van der Waals surface area contributed by atoms with E-state index in [1.807, 2.05) is 0 Å². The van der Waals surface area contributed by atoms with Gasteiger partial charge in [-0.1, -0.05) is 6.42 Å². The third-order valence-electron chi connectivity index (χ3n) is 5.39. The van der Waals surface area contributed by atoms with E-state index in [0.29, 0.717) is 0 Å². The summed E-state index contributed by atoms with van der Waals surface area (Å²) in [4.78, 5) is 14.8. The number of imidazole rings is 1. The Kier molecular flexibility index (Phi) is 6.49. The van der Waals surface area contributed by atoms with Gasteiger partial charge in [-0.15, -0.1) is 0 Å². The maximum atomic E-state index is 5.43. The van der Waals surface area contributed by atoms with Gasteiger partial charge in [0.1, 0.15) is 12.1 Å². The molecule has 0 aliphatic carbocycles. The minimum absolute atomic E-state index is 0.752. The summed E-state index contributed by atoms with van der Waals surface area (Å²) >= 11 is 7.51. The van der Waals surface area contributed by atoms with Crippen LogP contribution in [0.15, 0.2) is 18.5 Å². The fourth-order valence-electron chi connectivity index (χ4n) is 3.83. The fourth-order valence-corrected chi connectivity index (χ4v) is 5.15. The predicted octanol–water partition coefficient (Wildman–Crippen LogP) is 4.29. The van der Waals surface area contributed by atoms with Crippen LogP contribution in [0, 0.1) is 4.77 Å². The molecule has 0 unspecified atom stereocenters. The minimum Gasteiger partial charge on any atom is -0.369 e. The van der Waals surface area contributed by atoms with Gasteiger partial charge in [0.05, 0.1) is 16.6 Å². The zero-order chi connectivity index (χ0) is 19.3. The Morgan fingerprint density at radius 1 is 1.18 bits per heavy atom. The van der Waals surface area contributed by atoms with Gasteiger partial charge in [0, 0.05) is 43.1 Å². The number of benzene rings is 1. The van der Waals surface area contributed by atoms with Gasteiger partial charge in [-0.25, -0.2) is 9.97 Å². The third-order valence-corrected chi connectivity index (χ3v) is 6.66. The number of fused-ring (bicyclic) bond motifs is 2. The van der Waals surface area contributed by atoms with Gasteiger partial charge in [0.25, 0.3) is 0 Å². The first kappa shape index (κ1) is 19.7. The summed E-state index contributed by atoms with van der Waals surface area (Å²) < 4.78 is 2.85. The number of hydrogen-bond acceptors (Lipinski definition) is 6. The summed E-state index contributed by atoms with van der Waals surface area (Å²) in [6.45, 7) is 7.64. The molecule has 0 bridgehead atoms. The summed E-state index contributed by atoms with van der Waals surface area (Å²) in [6, 6.07) is 4.22. The highest BCUT2D eigenvalue weighted by molar-refractivity contribution is 7.99. The van der Waals surface area contributed by atoms with Crippen molar-refractivity contribution in [1.29, 1.82) is 0 Å². The van der Waals surface area contributed by atoms with Gasteiger partial charge >= 0.3 is 0 Å². The molecule has 6 nitrogen and oxygen atoms in total. The fraction of sp³-hybridized carbons (Fsp3) is 0.550. The Hall–Kier alpha value is -1.64. The molecule has 150 valence electrons. The van der Waals surface area contributed by atoms with Crippen LogP contribution in [0.1, 0.15) is 26.2 Å². The summed E-state index contributed by atoms with van der Waals surface area (Å²) in [5.74, 6) is 3.49. The Morgan fingerprint density at radius 2 is 2.04 bits per heavy atom. The topological polar surface area (TPSA) is 61.8 Å². The first-order valence-electron chi connectivity index (χ1n) is 10.2. The Morgan fingerprint density at radius 3 is 2.86 bits per heavy atom. The van der Waals surface area contributed by atoms with Crippen molar-refractivity contribution in [2.24, 2.45) is 0 Å². The smallest absolute Gasteiger partial charge is 0.178 e. The molecule has 3 aromatic rings. The van der Waals surface area contributed by atoms with Crippen LogP contribution in [0.5, 0.6) is 0 Å². The number of aryl methyl sites for hydroxylation is 1. The van der Waals surface area contributed by atoms with Crippen LogP contribution in [-0.4, -0.2) is 62.1 Å². The highest BCUT2D eigenvalue weighted by atomic mass is 32.2. The highest BCUT2D eigenvalue weighted by Gasteiger charge is 2.10. The molecule has 1 aliphatic heterocycles. The molecule has 28 heavy (non-hydrogen) atoms. The largest absolute Gasteiger partial charge is 0.369 e. The number of aromatic nitrogens is 4. The summed E-state index contributed by atoms with van der Waals surface area (Å²) in [7, 11) is 0. The molecule has 0 amide bonds. The lowest BCUT2D eigenvalue weighted by Gasteiger charge is -2.25. The number of anilines is 1. The lowest BCUT2D eigenvalue weighted by Crippen LogP contribution is -2.33. The van der Waals surface area contributed by atoms with E-state index in [0.717, 1.165) is 52.0 Å². The first-order chi connectivity index (χ1) is 13.8. The molecule has 3 heterocycles. The minimum atomic E-state index is 0.752. The average Bonchev–Trinajstić information content (AvgIpc) is 3.03. The lowest BCUT2D eigenvalue weighted by atomic mass is 10.2. The van der Waals surface area contributed by atoms with Crippen LogP contribution in [0.4, 0.5) is 5.82 Å². The third kappa shape index (κ3) is 4.34. The quantitative estimate of drug-likeness (QED) is 0.422. The molecule has 0 radical (unpaired) electrons. The number of thioether (sulfide) groups is 1. The highest BCUT2D eigenvalue weighted by Crippen LogP contribution is 2.25. The van der Waals surface area contributed by atoms with Gasteiger partial charge in [0.2, 0.25) is 0 Å². The number of nitrogens with zero attached hydrogens (tertiary/aromatic N) is 4. The van der Waals surface area contributed by atoms with Crippen molar-refractivity contribution in [2.75, 3.05) is 43.0 Å². The number of aromatic amines is 1. The number of rotatable bonds is 8. The second-order valence-corrected chi connectivity index (χ2v) is 8.84. The van der Waals surface area contributed by atoms with Gasteiger partial charge in [-0.2, -0.15) is 11.8 Å². The number of H-pyrrole nitrogens is 1. The van der Waals surface area contributed by atoms with E-state index in [1.165, 1.54) is 44.0 Å². The number of nitrogens with one attached hydrogen (secondary N) is 2. The van der Waals surface area contributed by atoms with E-state index >= 15 is 0 Å². The van der Waals surface area contributed by atoms with E-state index in [9.17, 15) is 0 Å². The van der Waals surface area contributed by atoms with Crippen molar-refractivity contribution in [3.63, 3.8) is 0 Å². The van der Waals surface area contributed by atoms with E-state index in [4.69, 9.17) is 12.2 Å². The van der Waals surface area contributed by atoms with Crippen LogP contribution in [0.3, 0.4) is 0 Å². The second kappa shape index (κ2) is 9.24. The maximum Gasteiger partial charge on any atom is 0.178 e. The van der Waals surface area contributed by atoms with E-state index in [-0.39, 0.29) is 0 Å². The van der Waals surface area contributed by atoms with Crippen molar-refractivity contribution >= 4 is 51.7 Å². The van der Waals surface area contributed by atoms with Crippen molar-refractivity contribution in [3.8, 4) is 0 Å². The van der Waals surface area contributed by atoms with Gasteiger partial charge in [0.15, 0.2) is 4.77 Å². The second-order valence-electron chi connectivity index (χ2n) is 7.22. The molecule has 1 saturated heterocycles. The molecular weight excluding hydrogens is 388 g/mol. The molecule has 4 rings (SSSR count). The van der Waals surface area contributed by atoms with Crippen LogP contribution in [-0.2, 0) is 6.54 Å². The number of hydrogen-bond donors (Lipinski definition) is 2. The zero-order valence-corrected chi connectivity index (χ0v) is 18.0. The van der Waals surface area contributed by atoms with Crippen LogP contribution < -0.4 is 5.32 Å². The van der Waals surface area contributed by atoms with Crippen LogP contribution in [0.25, 0.3) is 21.9 Å². The Balaban J connectivity index is 1.37. The summed E-state index contributed by atoms with van der Waals surface area (Å²) in [5.41, 5.74) is 3.09. The van der Waals surface area contributed by atoms with E-state index in [1.54, 1.807) is 6.33 Å². The van der Waals surface area contributed by atoms with E-state index < -0.39 is 0 Å². The molecule has 2 aromatic heterocycles. The van der Waals surface area contributed by atoms with Crippen molar-refractivity contribution in [2.45, 2.75) is 32.7 Å². The van der Waals surface area contributed by atoms with Gasteiger partial charge in [-0.3, -0.25) is 0 Å². The predicted molar refractivity (Wildman–Crippen MR) is 122 cm³/mol. The summed E-state index contributed by atoms with van der Waals surface area (Å²) in [6.07, 6.45) is 5.32. The molecular formula is C20H28N6S2. The molecule has 8 heteroatoms. The monoisotopic (exact) mass is 416 g/mol. The Bertz CT molecular complexity index is 989. The van der Waals surface area contributed by atoms with Crippen molar-refractivity contribution in [3.05, 3.63) is 23.2 Å². The lowest BCUT2D eigenvalue weighted by molar-refractivity contribution is 0.295. The molecule has 1 fully saturated rings. The average molecular weight is 417 g/mol. The van der Waals surface area contributed by atoms with Gasteiger partial charge in [-0.05, 0) is 50.7 Å². The molecule has 0 spiro atoms. The normalized spacial score (nSPS) is 15.5. The van der Waals surface area contributed by atoms with Crippen molar-refractivity contribution < 1.29 is 0 Å². The van der Waals surface area contributed by atoms with E-state index in [2.05, 4.69) is 60.6 Å². The molecule has 1 aliphatic rings. The molecule has 0 atom stereocenters. The zero-order valence-electron chi connectivity index (χ0n) is 16.4. The van der Waals surface area contributed by atoms with Crippen molar-refractivity contribution in [1.82, 2.24) is 24.4 Å². The SMILES string of the molecule is CCn1c(=S)[nH]c2cc3c(NCCCCCN4CCSCC4)ncnc3cc21. The first-order valence-corrected chi connectivity index (χ1v) is 11.7. The number of unbranched alkanes of at least 4 members (excludes halogenated alkanes) is 2. The molecule has 2 N–H and O–H groups in total. The van der Waals surface area contributed by atoms with Crippen LogP contribution in [0.2, 0.25) is 0 Å². The standard InChI is InChI=1S/C20H28N6S2/c1-2-26-18-13-16-15(12-17(18)24-20(26)27)19(23-14-22-16)21-6-4-3-5-7-25-8-10-28-11-9-25/h12-14H,2-11H2,1H3,(H,24,27)(H,21,22,23). The molecule has 0 saturated carbocycles.